The molecule has 3 aromatic rings. The van der Waals surface area contributed by atoms with Crippen LogP contribution < -0.4 is 10.2 Å². The number of halogens is 2. The molecule has 5 nitrogen and oxygen atoms in total. The molecule has 0 unspecified atom stereocenters. The molecule has 1 amide bonds. The van der Waals surface area contributed by atoms with Crippen LogP contribution in [0.5, 0.6) is 0 Å². The van der Waals surface area contributed by atoms with Gasteiger partial charge in [-0.2, -0.15) is 5.26 Å². The zero-order valence-corrected chi connectivity index (χ0v) is 16.3. The first-order chi connectivity index (χ1) is 14.1. The molecular formula is C22H18ClFN4O. The van der Waals surface area contributed by atoms with Gasteiger partial charge in [0.05, 0.1) is 21.8 Å². The Morgan fingerprint density at radius 1 is 1.24 bits per heavy atom. The molecule has 0 bridgehead atoms. The molecule has 2 heterocycles. The Morgan fingerprint density at radius 2 is 2.00 bits per heavy atom. The van der Waals surface area contributed by atoms with Crippen LogP contribution in [-0.2, 0) is 4.79 Å². The lowest BCUT2D eigenvalue weighted by Gasteiger charge is -2.34. The van der Waals surface area contributed by atoms with E-state index in [4.69, 9.17) is 11.6 Å². The minimum Gasteiger partial charge on any atom is -0.370 e. The molecule has 1 N–H and O–H groups in total. The van der Waals surface area contributed by atoms with Crippen LogP contribution in [0.3, 0.4) is 0 Å². The first kappa shape index (κ1) is 19.2. The van der Waals surface area contributed by atoms with Gasteiger partial charge in [-0.15, -0.1) is 0 Å². The molecule has 0 atom stereocenters. The number of carbonyl (C=O) groups is 1. The lowest BCUT2D eigenvalue weighted by Crippen LogP contribution is -2.38. The predicted molar refractivity (Wildman–Crippen MR) is 111 cm³/mol. The number of nitrogens with zero attached hydrogens (tertiary/aromatic N) is 3. The van der Waals surface area contributed by atoms with E-state index in [1.807, 2.05) is 24.3 Å². The van der Waals surface area contributed by atoms with E-state index < -0.39 is 5.82 Å². The van der Waals surface area contributed by atoms with Gasteiger partial charge in [0.2, 0.25) is 5.91 Å². The number of pyridine rings is 1. The number of carbonyl (C=O) groups excluding carboxylic acids is 1. The highest BCUT2D eigenvalue weighted by Gasteiger charge is 2.27. The van der Waals surface area contributed by atoms with E-state index in [1.54, 1.807) is 6.20 Å². The van der Waals surface area contributed by atoms with E-state index in [2.05, 4.69) is 21.3 Å². The number of benzene rings is 2. The molecule has 0 saturated carbocycles. The maximum atomic E-state index is 13.3. The van der Waals surface area contributed by atoms with Crippen molar-refractivity contribution >= 4 is 39.8 Å². The fourth-order valence-corrected chi connectivity index (χ4v) is 3.91. The van der Waals surface area contributed by atoms with Crippen molar-refractivity contribution < 1.29 is 9.18 Å². The number of hydrogen-bond acceptors (Lipinski definition) is 4. The van der Waals surface area contributed by atoms with Gasteiger partial charge in [0, 0.05) is 36.3 Å². The van der Waals surface area contributed by atoms with E-state index in [0.717, 1.165) is 16.6 Å². The van der Waals surface area contributed by atoms with Crippen molar-refractivity contribution in [2.45, 2.75) is 12.8 Å². The maximum Gasteiger partial charge on any atom is 0.227 e. The van der Waals surface area contributed by atoms with Gasteiger partial charge in [0.15, 0.2) is 0 Å². The minimum absolute atomic E-state index is 0.0220. The van der Waals surface area contributed by atoms with Crippen molar-refractivity contribution in [3.05, 3.63) is 65.1 Å². The Bertz CT molecular complexity index is 1120. The van der Waals surface area contributed by atoms with Gasteiger partial charge in [0.25, 0.3) is 0 Å². The fraction of sp³-hybridized carbons (Fsp3) is 0.227. The van der Waals surface area contributed by atoms with Gasteiger partial charge >= 0.3 is 0 Å². The number of anilines is 2. The molecule has 0 aliphatic carbocycles. The van der Waals surface area contributed by atoms with Gasteiger partial charge in [-0.1, -0.05) is 29.8 Å². The second-order valence-corrected chi connectivity index (χ2v) is 7.44. The minimum atomic E-state index is -0.518. The molecule has 7 heteroatoms. The normalized spacial score (nSPS) is 14.6. The van der Waals surface area contributed by atoms with Crippen LogP contribution >= 0.6 is 11.6 Å². The molecule has 1 aliphatic rings. The number of piperidine rings is 1. The zero-order chi connectivity index (χ0) is 20.4. The Morgan fingerprint density at radius 3 is 2.72 bits per heavy atom. The van der Waals surface area contributed by atoms with Crippen molar-refractivity contribution in [1.82, 2.24) is 4.98 Å². The molecule has 1 aliphatic heterocycles. The highest BCUT2D eigenvalue weighted by molar-refractivity contribution is 6.31. The molecule has 0 radical (unpaired) electrons. The van der Waals surface area contributed by atoms with Crippen molar-refractivity contribution in [2.24, 2.45) is 5.92 Å². The van der Waals surface area contributed by atoms with Crippen LogP contribution in [0, 0.1) is 23.1 Å². The zero-order valence-electron chi connectivity index (χ0n) is 15.5. The SMILES string of the molecule is N#Cc1cnc2ccccc2c1N1CCC(C(=O)Nc2ccc(F)c(Cl)c2)CC1. The van der Waals surface area contributed by atoms with Crippen LogP contribution in [0.15, 0.2) is 48.7 Å². The van der Waals surface area contributed by atoms with Crippen LogP contribution in [0.4, 0.5) is 15.8 Å². The Kier molecular flexibility index (Phi) is 5.32. The summed E-state index contributed by atoms with van der Waals surface area (Å²) in [5.74, 6) is -0.781. The summed E-state index contributed by atoms with van der Waals surface area (Å²) in [7, 11) is 0. The quantitative estimate of drug-likeness (QED) is 0.678. The van der Waals surface area contributed by atoms with Gasteiger partial charge in [-0.25, -0.2) is 4.39 Å². The van der Waals surface area contributed by atoms with Crippen molar-refractivity contribution in [1.29, 1.82) is 5.26 Å². The maximum absolute atomic E-state index is 13.3. The van der Waals surface area contributed by atoms with Crippen molar-refractivity contribution in [3.63, 3.8) is 0 Å². The number of amides is 1. The standard InChI is InChI=1S/C22H18ClFN4O/c23-18-11-16(5-6-19(18)24)27-22(29)14-7-9-28(10-8-14)21-15(12-25)13-26-20-4-2-1-3-17(20)21/h1-6,11,13-14H,7-10H2,(H,27,29). The second kappa shape index (κ2) is 8.06. The smallest absolute Gasteiger partial charge is 0.227 e. The van der Waals surface area contributed by atoms with Crippen LogP contribution in [0.1, 0.15) is 18.4 Å². The van der Waals surface area contributed by atoms with E-state index in [-0.39, 0.29) is 16.8 Å². The third-order valence-corrected chi connectivity index (χ3v) is 5.53. The van der Waals surface area contributed by atoms with E-state index in [0.29, 0.717) is 37.2 Å². The molecule has 2 aromatic carbocycles. The molecule has 29 heavy (non-hydrogen) atoms. The number of rotatable bonds is 3. The second-order valence-electron chi connectivity index (χ2n) is 7.03. The van der Waals surface area contributed by atoms with E-state index >= 15 is 0 Å². The Balaban J connectivity index is 1.48. The summed E-state index contributed by atoms with van der Waals surface area (Å²) in [5, 5.41) is 13.3. The van der Waals surface area contributed by atoms with Crippen molar-refractivity contribution in [3.8, 4) is 6.07 Å². The Labute approximate surface area is 172 Å². The average Bonchev–Trinajstić information content (AvgIpc) is 2.75. The summed E-state index contributed by atoms with van der Waals surface area (Å²) in [6.07, 6.45) is 2.92. The number of fused-ring (bicyclic) bond motifs is 1. The molecule has 0 spiro atoms. The molecule has 4 rings (SSSR count). The summed E-state index contributed by atoms with van der Waals surface area (Å²) >= 11 is 5.78. The third-order valence-electron chi connectivity index (χ3n) is 5.24. The lowest BCUT2D eigenvalue weighted by atomic mass is 9.94. The highest BCUT2D eigenvalue weighted by atomic mass is 35.5. The van der Waals surface area contributed by atoms with Crippen molar-refractivity contribution in [2.75, 3.05) is 23.3 Å². The van der Waals surface area contributed by atoms with Gasteiger partial charge < -0.3 is 10.2 Å². The molecule has 1 saturated heterocycles. The third kappa shape index (κ3) is 3.87. The number of aromatic nitrogens is 1. The molecule has 146 valence electrons. The summed E-state index contributed by atoms with van der Waals surface area (Å²) in [6, 6.07) is 14.1. The topological polar surface area (TPSA) is 69.0 Å². The largest absolute Gasteiger partial charge is 0.370 e. The van der Waals surface area contributed by atoms with Gasteiger partial charge in [-0.05, 0) is 37.1 Å². The van der Waals surface area contributed by atoms with Gasteiger partial charge in [0.1, 0.15) is 11.9 Å². The number of hydrogen-bond donors (Lipinski definition) is 1. The predicted octanol–water partition coefficient (Wildman–Crippen LogP) is 4.75. The van der Waals surface area contributed by atoms with E-state index in [1.165, 1.54) is 18.2 Å². The van der Waals surface area contributed by atoms with Crippen LogP contribution in [-0.4, -0.2) is 24.0 Å². The fourth-order valence-electron chi connectivity index (χ4n) is 3.73. The molecule has 1 aromatic heterocycles. The first-order valence-electron chi connectivity index (χ1n) is 9.35. The summed E-state index contributed by atoms with van der Waals surface area (Å²) in [6.45, 7) is 1.32. The van der Waals surface area contributed by atoms with Crippen LogP contribution in [0.2, 0.25) is 5.02 Å². The number of nitrogens with one attached hydrogen (secondary N) is 1. The van der Waals surface area contributed by atoms with Crippen LogP contribution in [0.25, 0.3) is 10.9 Å². The summed E-state index contributed by atoms with van der Waals surface area (Å²) in [4.78, 5) is 19.1. The first-order valence-corrected chi connectivity index (χ1v) is 9.73. The number of nitriles is 1. The average molecular weight is 409 g/mol. The monoisotopic (exact) mass is 408 g/mol. The Hall–Kier alpha value is -3.17. The van der Waals surface area contributed by atoms with Gasteiger partial charge in [-0.3, -0.25) is 9.78 Å². The summed E-state index contributed by atoms with van der Waals surface area (Å²) in [5.41, 5.74) is 2.74. The highest BCUT2D eigenvalue weighted by Crippen LogP contribution is 2.32. The number of para-hydroxylation sites is 1. The molecular weight excluding hydrogens is 391 g/mol. The lowest BCUT2D eigenvalue weighted by molar-refractivity contribution is -0.120. The van der Waals surface area contributed by atoms with E-state index in [9.17, 15) is 14.4 Å². The summed E-state index contributed by atoms with van der Waals surface area (Å²) < 4.78 is 13.3. The molecule has 1 fully saturated rings.